The molecule has 3 N–H and O–H groups in total. The van der Waals surface area contributed by atoms with Gasteiger partial charge in [-0.3, -0.25) is 9.59 Å². The molecule has 3 atom stereocenters. The molecule has 0 spiro atoms. The van der Waals surface area contributed by atoms with Crippen LogP contribution in [0.4, 0.5) is 0 Å². The van der Waals surface area contributed by atoms with Crippen molar-refractivity contribution in [2.75, 3.05) is 6.61 Å². The van der Waals surface area contributed by atoms with E-state index in [1.54, 1.807) is 0 Å². The summed E-state index contributed by atoms with van der Waals surface area (Å²) in [5, 5.41) is 23.7. The van der Waals surface area contributed by atoms with Crippen molar-refractivity contribution in [1.29, 1.82) is 0 Å². The number of aliphatic hydroxyl groups excluding tert-OH is 2. The number of nitrogens with one attached hydrogen (secondary N) is 1. The Morgan fingerprint density at radius 2 is 0.873 bits per heavy atom. The molecule has 0 aliphatic heterocycles. The third-order valence-corrected chi connectivity index (χ3v) is 11.3. The summed E-state index contributed by atoms with van der Waals surface area (Å²) < 4.78 is 5.90. The van der Waals surface area contributed by atoms with E-state index in [4.69, 9.17) is 4.74 Å². The van der Waals surface area contributed by atoms with Crippen LogP contribution < -0.4 is 5.32 Å². The molecule has 0 radical (unpaired) electrons. The van der Waals surface area contributed by atoms with Gasteiger partial charge >= 0.3 is 5.97 Å². The average Bonchev–Trinajstić information content (AvgIpc) is 3.18. The van der Waals surface area contributed by atoms with Crippen molar-refractivity contribution in [3.05, 3.63) is 12.2 Å². The topological polar surface area (TPSA) is 95.9 Å². The van der Waals surface area contributed by atoms with Crippen molar-refractivity contribution in [2.24, 2.45) is 0 Å². The number of unbranched alkanes of at least 4 members (excludes halogenated alkanes) is 30. The van der Waals surface area contributed by atoms with Crippen LogP contribution >= 0.6 is 0 Å². The quantitative estimate of drug-likeness (QED) is 0.0325. The molecule has 0 fully saturated rings. The molecule has 0 heterocycles. The predicted octanol–water partition coefficient (Wildman–Crippen LogP) is 14.2. The van der Waals surface area contributed by atoms with Crippen LogP contribution in [0.2, 0.25) is 0 Å². The van der Waals surface area contributed by atoms with Crippen LogP contribution in [0, 0.1) is 0 Å². The highest BCUT2D eigenvalue weighted by Gasteiger charge is 2.24. The molecule has 0 bridgehead atoms. The van der Waals surface area contributed by atoms with Crippen LogP contribution in [0.25, 0.3) is 0 Å². The standard InChI is InChI=1S/C49H95NO5/c1-4-7-10-13-16-19-21-22-23-24-25-27-29-31-34-37-40-45(55-49(54)42-39-36-33-28-18-15-12-9-6-3)43-48(53)50-46(44-51)47(52)41-38-35-32-30-26-20-17-14-11-8-5-2/h25,27,45-47,51-52H,4-24,26,28-44H2,1-3H3,(H,50,53)/b27-25+. The van der Waals surface area contributed by atoms with Gasteiger partial charge in [-0.1, -0.05) is 213 Å². The van der Waals surface area contributed by atoms with Crippen LogP contribution in [0.3, 0.4) is 0 Å². The molecule has 0 aromatic carbocycles. The van der Waals surface area contributed by atoms with E-state index in [2.05, 4.69) is 38.2 Å². The number of aliphatic hydroxyl groups is 2. The fraction of sp³-hybridized carbons (Fsp3) is 0.918. The molecule has 0 aliphatic rings. The number of hydrogen-bond donors (Lipinski definition) is 3. The van der Waals surface area contributed by atoms with E-state index < -0.39 is 18.2 Å². The first-order valence-corrected chi connectivity index (χ1v) is 24.4. The molecule has 0 rings (SSSR count). The van der Waals surface area contributed by atoms with E-state index in [0.29, 0.717) is 19.3 Å². The highest BCUT2D eigenvalue weighted by atomic mass is 16.5. The van der Waals surface area contributed by atoms with Crippen molar-refractivity contribution in [3.8, 4) is 0 Å². The summed E-state index contributed by atoms with van der Waals surface area (Å²) in [5.74, 6) is -0.479. The van der Waals surface area contributed by atoms with Crippen LogP contribution in [0.15, 0.2) is 12.2 Å². The second kappa shape index (κ2) is 43.7. The predicted molar refractivity (Wildman–Crippen MR) is 237 cm³/mol. The van der Waals surface area contributed by atoms with Crippen molar-refractivity contribution < 1.29 is 24.5 Å². The summed E-state index contributed by atoms with van der Waals surface area (Å²) in [5.41, 5.74) is 0. The minimum Gasteiger partial charge on any atom is -0.462 e. The molecular formula is C49H95NO5. The molecular weight excluding hydrogens is 683 g/mol. The number of carbonyl (C=O) groups excluding carboxylic acids is 2. The summed E-state index contributed by atoms with van der Waals surface area (Å²) in [6.45, 7) is 6.46. The van der Waals surface area contributed by atoms with Crippen molar-refractivity contribution in [3.63, 3.8) is 0 Å². The SMILES string of the molecule is CCCCCCCCCCC/C=C/CCCCCC(CC(=O)NC(CO)C(O)CCCCCCCCCCCCC)OC(=O)CCCCCCCCCCC. The molecule has 0 aliphatic carbocycles. The van der Waals surface area contributed by atoms with Gasteiger partial charge in [0.05, 0.1) is 25.2 Å². The maximum Gasteiger partial charge on any atom is 0.306 e. The van der Waals surface area contributed by atoms with E-state index >= 15 is 0 Å². The Hall–Kier alpha value is -1.40. The Bertz CT molecular complexity index is 832. The Morgan fingerprint density at radius 1 is 0.509 bits per heavy atom. The van der Waals surface area contributed by atoms with Gasteiger partial charge in [-0.15, -0.1) is 0 Å². The van der Waals surface area contributed by atoms with Crippen molar-refractivity contribution >= 4 is 11.9 Å². The second-order valence-corrected chi connectivity index (χ2v) is 16.9. The minimum absolute atomic E-state index is 0.0732. The van der Waals surface area contributed by atoms with Gasteiger partial charge in [-0.2, -0.15) is 0 Å². The first-order valence-electron chi connectivity index (χ1n) is 24.4. The Morgan fingerprint density at radius 3 is 1.31 bits per heavy atom. The Kier molecular flexibility index (Phi) is 42.6. The monoisotopic (exact) mass is 778 g/mol. The maximum absolute atomic E-state index is 13.1. The van der Waals surface area contributed by atoms with Crippen LogP contribution in [-0.2, 0) is 14.3 Å². The van der Waals surface area contributed by atoms with Gasteiger partial charge in [0.1, 0.15) is 6.10 Å². The average molecular weight is 778 g/mol. The molecule has 55 heavy (non-hydrogen) atoms. The fourth-order valence-electron chi connectivity index (χ4n) is 7.60. The van der Waals surface area contributed by atoms with E-state index in [1.165, 1.54) is 161 Å². The van der Waals surface area contributed by atoms with E-state index in [9.17, 15) is 19.8 Å². The number of amides is 1. The maximum atomic E-state index is 13.1. The van der Waals surface area contributed by atoms with Crippen molar-refractivity contribution in [1.82, 2.24) is 5.32 Å². The van der Waals surface area contributed by atoms with E-state index in [-0.39, 0.29) is 24.9 Å². The summed E-state index contributed by atoms with van der Waals surface area (Å²) in [7, 11) is 0. The van der Waals surface area contributed by atoms with Gasteiger partial charge in [0.25, 0.3) is 0 Å². The van der Waals surface area contributed by atoms with Crippen LogP contribution in [-0.4, -0.2) is 46.9 Å². The lowest BCUT2D eigenvalue weighted by atomic mass is 10.0. The molecule has 0 aromatic rings. The van der Waals surface area contributed by atoms with Gasteiger partial charge in [0.15, 0.2) is 0 Å². The number of carbonyl (C=O) groups is 2. The molecule has 3 unspecified atom stereocenters. The lowest BCUT2D eigenvalue weighted by molar-refractivity contribution is -0.151. The molecule has 326 valence electrons. The highest BCUT2D eigenvalue weighted by Crippen LogP contribution is 2.18. The summed E-state index contributed by atoms with van der Waals surface area (Å²) in [4.78, 5) is 26.0. The van der Waals surface area contributed by atoms with Gasteiger partial charge in [0, 0.05) is 6.42 Å². The number of rotatable bonds is 44. The summed E-state index contributed by atoms with van der Waals surface area (Å²) >= 11 is 0. The third kappa shape index (κ3) is 39.2. The number of esters is 1. The highest BCUT2D eigenvalue weighted by molar-refractivity contribution is 5.77. The molecule has 0 saturated carbocycles. The van der Waals surface area contributed by atoms with Crippen LogP contribution in [0.1, 0.15) is 265 Å². The lowest BCUT2D eigenvalue weighted by Crippen LogP contribution is -2.46. The molecule has 0 saturated heterocycles. The molecule has 6 heteroatoms. The number of hydrogen-bond acceptors (Lipinski definition) is 5. The van der Waals surface area contributed by atoms with E-state index in [0.717, 1.165) is 57.8 Å². The molecule has 6 nitrogen and oxygen atoms in total. The summed E-state index contributed by atoms with van der Waals surface area (Å²) in [6.07, 6.45) is 47.0. The smallest absolute Gasteiger partial charge is 0.306 e. The molecule has 0 aromatic heterocycles. The fourth-order valence-corrected chi connectivity index (χ4v) is 7.60. The Balaban J connectivity index is 4.55. The van der Waals surface area contributed by atoms with Gasteiger partial charge in [0.2, 0.25) is 5.91 Å². The lowest BCUT2D eigenvalue weighted by Gasteiger charge is -2.24. The zero-order valence-corrected chi connectivity index (χ0v) is 37.1. The van der Waals surface area contributed by atoms with Crippen molar-refractivity contribution in [2.45, 2.75) is 283 Å². The minimum atomic E-state index is -0.784. The number of ether oxygens (including phenoxy) is 1. The first-order chi connectivity index (χ1) is 27.0. The number of allylic oxidation sites excluding steroid dienone is 2. The molecule has 1 amide bonds. The summed E-state index contributed by atoms with van der Waals surface area (Å²) in [6, 6.07) is -0.698. The van der Waals surface area contributed by atoms with Gasteiger partial charge < -0.3 is 20.3 Å². The van der Waals surface area contributed by atoms with Crippen LogP contribution in [0.5, 0.6) is 0 Å². The zero-order chi connectivity index (χ0) is 40.3. The normalized spacial score (nSPS) is 13.3. The third-order valence-electron chi connectivity index (χ3n) is 11.3. The second-order valence-electron chi connectivity index (χ2n) is 16.9. The Labute approximate surface area is 342 Å². The zero-order valence-electron chi connectivity index (χ0n) is 37.1. The largest absolute Gasteiger partial charge is 0.462 e. The van der Waals surface area contributed by atoms with Gasteiger partial charge in [-0.25, -0.2) is 0 Å². The first kappa shape index (κ1) is 53.6. The van der Waals surface area contributed by atoms with Gasteiger partial charge in [-0.05, 0) is 51.4 Å². The van der Waals surface area contributed by atoms with E-state index in [1.807, 2.05) is 0 Å².